The molecule has 1 heterocycles. The summed E-state index contributed by atoms with van der Waals surface area (Å²) >= 11 is 0. The molecule has 6 nitrogen and oxygen atoms in total. The zero-order valence-electron chi connectivity index (χ0n) is 16.7. The van der Waals surface area contributed by atoms with Gasteiger partial charge in [-0.2, -0.15) is 0 Å². The van der Waals surface area contributed by atoms with Crippen molar-refractivity contribution in [3.63, 3.8) is 0 Å². The Kier molecular flexibility index (Phi) is 5.48. The summed E-state index contributed by atoms with van der Waals surface area (Å²) in [6, 6.07) is 24.6. The molecule has 30 heavy (non-hydrogen) atoms. The molecule has 3 aromatic carbocycles. The van der Waals surface area contributed by atoms with Crippen LogP contribution in [-0.4, -0.2) is 25.1 Å². The smallest absolute Gasteiger partial charge is 0.269 e. The average Bonchev–Trinajstić information content (AvgIpc) is 2.82. The second-order valence-corrected chi connectivity index (χ2v) is 6.59. The number of methoxy groups -OCH3 is 2. The number of nitrogens with one attached hydrogen (secondary N) is 2. The van der Waals surface area contributed by atoms with E-state index in [2.05, 4.69) is 10.9 Å². The number of aromatic nitrogens is 1. The van der Waals surface area contributed by atoms with E-state index in [4.69, 9.17) is 14.5 Å². The summed E-state index contributed by atoms with van der Waals surface area (Å²) in [4.78, 5) is 17.4. The van der Waals surface area contributed by atoms with Gasteiger partial charge in [-0.15, -0.1) is 0 Å². The SMILES string of the molecule is COc1ccc(C(=O)NNc2cc(-c3ccccc3)nc3ccccc23)cc1OC. The molecule has 4 rings (SSSR count). The Hall–Kier alpha value is -4.06. The van der Waals surface area contributed by atoms with E-state index in [9.17, 15) is 4.79 Å². The van der Waals surface area contributed by atoms with E-state index in [0.29, 0.717) is 17.1 Å². The fraction of sp³-hybridized carbons (Fsp3) is 0.0833. The van der Waals surface area contributed by atoms with Gasteiger partial charge in [0.1, 0.15) is 0 Å². The number of fused-ring (bicyclic) bond motifs is 1. The lowest BCUT2D eigenvalue weighted by Crippen LogP contribution is -2.29. The maximum Gasteiger partial charge on any atom is 0.269 e. The summed E-state index contributed by atoms with van der Waals surface area (Å²) in [7, 11) is 3.09. The van der Waals surface area contributed by atoms with Crippen molar-refractivity contribution in [2.75, 3.05) is 19.6 Å². The summed E-state index contributed by atoms with van der Waals surface area (Å²) in [5, 5.41) is 0.907. The van der Waals surface area contributed by atoms with Crippen molar-refractivity contribution in [2.24, 2.45) is 0 Å². The Morgan fingerprint density at radius 3 is 2.33 bits per heavy atom. The van der Waals surface area contributed by atoms with E-state index in [1.54, 1.807) is 25.3 Å². The second kappa shape index (κ2) is 8.53. The zero-order valence-corrected chi connectivity index (χ0v) is 16.7. The van der Waals surface area contributed by atoms with Crippen molar-refractivity contribution >= 4 is 22.5 Å². The number of para-hydroxylation sites is 1. The third-order valence-corrected chi connectivity index (χ3v) is 4.74. The molecule has 6 heteroatoms. The summed E-state index contributed by atoms with van der Waals surface area (Å²) in [6.07, 6.45) is 0. The molecule has 1 aromatic heterocycles. The van der Waals surface area contributed by atoms with Gasteiger partial charge in [0, 0.05) is 16.5 Å². The van der Waals surface area contributed by atoms with Crippen LogP contribution in [0.5, 0.6) is 11.5 Å². The summed E-state index contributed by atoms with van der Waals surface area (Å²) in [5.41, 5.74) is 9.67. The Balaban J connectivity index is 1.63. The highest BCUT2D eigenvalue weighted by atomic mass is 16.5. The molecule has 2 N–H and O–H groups in total. The van der Waals surface area contributed by atoms with Gasteiger partial charge in [0.2, 0.25) is 0 Å². The predicted molar refractivity (Wildman–Crippen MR) is 118 cm³/mol. The quantitative estimate of drug-likeness (QED) is 0.461. The minimum atomic E-state index is -0.293. The number of hydrazine groups is 1. The fourth-order valence-corrected chi connectivity index (χ4v) is 3.21. The van der Waals surface area contributed by atoms with Crippen LogP contribution in [-0.2, 0) is 0 Å². The third kappa shape index (κ3) is 3.89. The first kappa shape index (κ1) is 19.3. The normalized spacial score (nSPS) is 10.5. The fourth-order valence-electron chi connectivity index (χ4n) is 3.21. The molecule has 0 saturated heterocycles. The molecule has 0 saturated carbocycles. The highest BCUT2D eigenvalue weighted by molar-refractivity contribution is 5.98. The summed E-state index contributed by atoms with van der Waals surface area (Å²) in [6.45, 7) is 0. The molecular formula is C24H21N3O3. The molecule has 0 atom stereocenters. The van der Waals surface area contributed by atoms with Crippen LogP contribution in [0.1, 0.15) is 10.4 Å². The van der Waals surface area contributed by atoms with Crippen LogP contribution in [0.4, 0.5) is 5.69 Å². The van der Waals surface area contributed by atoms with Crippen molar-refractivity contribution in [1.82, 2.24) is 10.4 Å². The number of anilines is 1. The highest BCUT2D eigenvalue weighted by Crippen LogP contribution is 2.29. The van der Waals surface area contributed by atoms with Crippen LogP contribution in [0.3, 0.4) is 0 Å². The van der Waals surface area contributed by atoms with Gasteiger partial charge < -0.3 is 9.47 Å². The molecule has 0 aliphatic rings. The standard InChI is InChI=1S/C24H21N3O3/c1-29-22-13-12-17(14-23(22)30-2)24(28)27-26-21-15-20(16-8-4-3-5-9-16)25-19-11-7-6-10-18(19)21/h3-15H,1-2H3,(H,25,26)(H,27,28). The average molecular weight is 399 g/mol. The molecular weight excluding hydrogens is 378 g/mol. The van der Waals surface area contributed by atoms with Gasteiger partial charge in [0.15, 0.2) is 11.5 Å². The third-order valence-electron chi connectivity index (χ3n) is 4.74. The van der Waals surface area contributed by atoms with Crippen molar-refractivity contribution in [2.45, 2.75) is 0 Å². The zero-order chi connectivity index (χ0) is 20.9. The molecule has 0 spiro atoms. The van der Waals surface area contributed by atoms with E-state index in [1.807, 2.05) is 60.7 Å². The van der Waals surface area contributed by atoms with Gasteiger partial charge in [-0.3, -0.25) is 15.6 Å². The van der Waals surface area contributed by atoms with Crippen LogP contribution >= 0.6 is 0 Å². The van der Waals surface area contributed by atoms with E-state index < -0.39 is 0 Å². The maximum atomic E-state index is 12.7. The van der Waals surface area contributed by atoms with Gasteiger partial charge in [-0.25, -0.2) is 4.98 Å². The lowest BCUT2D eigenvalue weighted by atomic mass is 10.1. The molecule has 0 bridgehead atoms. The van der Waals surface area contributed by atoms with E-state index in [1.165, 1.54) is 7.11 Å². The monoisotopic (exact) mass is 399 g/mol. The van der Waals surface area contributed by atoms with Crippen LogP contribution in [0.25, 0.3) is 22.2 Å². The van der Waals surface area contributed by atoms with Gasteiger partial charge in [0.25, 0.3) is 5.91 Å². The molecule has 0 fully saturated rings. The molecule has 0 radical (unpaired) electrons. The molecule has 150 valence electrons. The number of amides is 1. The molecule has 4 aromatic rings. The number of nitrogens with zero attached hydrogens (tertiary/aromatic N) is 1. The van der Waals surface area contributed by atoms with Crippen molar-refractivity contribution in [3.8, 4) is 22.8 Å². The number of rotatable bonds is 6. The van der Waals surface area contributed by atoms with Crippen molar-refractivity contribution in [3.05, 3.63) is 84.4 Å². The number of hydrogen-bond donors (Lipinski definition) is 2. The van der Waals surface area contributed by atoms with Gasteiger partial charge >= 0.3 is 0 Å². The number of hydrogen-bond acceptors (Lipinski definition) is 5. The summed E-state index contributed by atoms with van der Waals surface area (Å²) < 4.78 is 10.5. The Labute approximate surface area is 174 Å². The molecule has 1 amide bonds. The first-order chi connectivity index (χ1) is 14.7. The predicted octanol–water partition coefficient (Wildman–Crippen LogP) is 4.68. The van der Waals surface area contributed by atoms with Crippen LogP contribution in [0, 0.1) is 0 Å². The largest absolute Gasteiger partial charge is 0.493 e. The van der Waals surface area contributed by atoms with Crippen molar-refractivity contribution < 1.29 is 14.3 Å². The van der Waals surface area contributed by atoms with Crippen molar-refractivity contribution in [1.29, 1.82) is 0 Å². The van der Waals surface area contributed by atoms with E-state index in [-0.39, 0.29) is 5.91 Å². The lowest BCUT2D eigenvalue weighted by Gasteiger charge is -2.14. The first-order valence-corrected chi connectivity index (χ1v) is 9.43. The van der Waals surface area contributed by atoms with Gasteiger partial charge in [0.05, 0.1) is 31.1 Å². The Bertz CT molecular complexity index is 1190. The molecule has 0 aliphatic carbocycles. The second-order valence-electron chi connectivity index (χ2n) is 6.59. The lowest BCUT2D eigenvalue weighted by molar-refractivity contribution is 0.0962. The number of ether oxygens (including phenoxy) is 2. The minimum absolute atomic E-state index is 0.293. The minimum Gasteiger partial charge on any atom is -0.493 e. The van der Waals surface area contributed by atoms with Gasteiger partial charge in [-0.1, -0.05) is 48.5 Å². The number of carbonyl (C=O) groups excluding carboxylic acids is 1. The van der Waals surface area contributed by atoms with Crippen LogP contribution in [0.2, 0.25) is 0 Å². The topological polar surface area (TPSA) is 72.5 Å². The number of pyridine rings is 1. The number of benzene rings is 3. The number of carbonyl (C=O) groups is 1. The van der Waals surface area contributed by atoms with Gasteiger partial charge in [-0.05, 0) is 30.3 Å². The molecule has 0 aliphatic heterocycles. The Morgan fingerprint density at radius 2 is 1.57 bits per heavy atom. The summed E-state index contributed by atoms with van der Waals surface area (Å²) in [5.74, 6) is 0.763. The first-order valence-electron chi connectivity index (χ1n) is 9.43. The maximum absolute atomic E-state index is 12.7. The van der Waals surface area contributed by atoms with E-state index >= 15 is 0 Å². The Morgan fingerprint density at radius 1 is 0.833 bits per heavy atom. The van der Waals surface area contributed by atoms with Crippen LogP contribution in [0.15, 0.2) is 78.9 Å². The van der Waals surface area contributed by atoms with E-state index in [0.717, 1.165) is 27.8 Å². The highest BCUT2D eigenvalue weighted by Gasteiger charge is 2.12. The molecule has 0 unspecified atom stereocenters. The van der Waals surface area contributed by atoms with Crippen LogP contribution < -0.4 is 20.3 Å².